The van der Waals surface area contributed by atoms with Crippen LogP contribution in [0.4, 0.5) is 0 Å². The molecule has 1 aliphatic heterocycles. The molecule has 0 aromatic carbocycles. The van der Waals surface area contributed by atoms with E-state index in [0.717, 1.165) is 0 Å². The van der Waals surface area contributed by atoms with Gasteiger partial charge in [0.2, 0.25) is 0 Å². The third-order valence-electron chi connectivity index (χ3n) is 1.17. The normalized spacial score (nSPS) is 29.4. The zero-order valence-electron chi connectivity index (χ0n) is 4.56. The Balaban J connectivity index is 2.54. The summed E-state index contributed by atoms with van der Waals surface area (Å²) in [6, 6.07) is 0. The minimum atomic E-state index is 0.264. The summed E-state index contributed by atoms with van der Waals surface area (Å²) in [4.78, 5) is 4.92. The lowest BCUT2D eigenvalue weighted by molar-refractivity contribution is 0.0543. The number of hydrogen-bond donors (Lipinski definition) is 1. The van der Waals surface area contributed by atoms with E-state index in [4.69, 9.17) is 4.84 Å². The van der Waals surface area contributed by atoms with Crippen molar-refractivity contribution in [3.05, 3.63) is 11.8 Å². The summed E-state index contributed by atoms with van der Waals surface area (Å²) >= 11 is 0. The van der Waals surface area contributed by atoms with Crippen molar-refractivity contribution < 1.29 is 4.84 Å². The fourth-order valence-corrected chi connectivity index (χ4v) is 0.439. The molecule has 40 valence electrons. The first-order chi connectivity index (χ1) is 3.30. The fourth-order valence-electron chi connectivity index (χ4n) is 0.439. The van der Waals surface area contributed by atoms with E-state index in [1.807, 2.05) is 20.0 Å². The lowest BCUT2D eigenvalue weighted by Crippen LogP contribution is -2.06. The van der Waals surface area contributed by atoms with Gasteiger partial charge in [-0.15, -0.1) is 0 Å². The minimum Gasteiger partial charge on any atom is -0.274 e. The lowest BCUT2D eigenvalue weighted by atomic mass is 10.2. The molecule has 2 heteroatoms. The summed E-state index contributed by atoms with van der Waals surface area (Å²) in [5, 5.41) is 0. The molecule has 1 heterocycles. The van der Waals surface area contributed by atoms with Gasteiger partial charge in [0.1, 0.15) is 6.10 Å². The molecule has 0 bridgehead atoms. The molecule has 1 atom stereocenters. The molecule has 0 spiro atoms. The molecule has 1 N–H and O–H groups in total. The average Bonchev–Trinajstić information content (AvgIpc) is 1.91. The molecule has 7 heavy (non-hydrogen) atoms. The highest BCUT2D eigenvalue weighted by atomic mass is 16.7. The van der Waals surface area contributed by atoms with Gasteiger partial charge in [-0.05, 0) is 19.4 Å². The van der Waals surface area contributed by atoms with Crippen molar-refractivity contribution in [2.75, 3.05) is 0 Å². The zero-order valence-corrected chi connectivity index (χ0v) is 4.56. The molecular weight excluding hydrogens is 90.1 g/mol. The predicted molar refractivity (Wildman–Crippen MR) is 27.4 cm³/mol. The van der Waals surface area contributed by atoms with Crippen molar-refractivity contribution in [1.82, 2.24) is 5.48 Å². The highest BCUT2D eigenvalue weighted by molar-refractivity contribution is 5.04. The van der Waals surface area contributed by atoms with E-state index >= 15 is 0 Å². The molecular formula is C5H9NO. The van der Waals surface area contributed by atoms with E-state index in [0.29, 0.717) is 0 Å². The molecule has 1 aliphatic rings. The van der Waals surface area contributed by atoms with Crippen LogP contribution in [0, 0.1) is 0 Å². The van der Waals surface area contributed by atoms with E-state index in [2.05, 4.69) is 5.48 Å². The first-order valence-corrected chi connectivity index (χ1v) is 2.38. The third-order valence-corrected chi connectivity index (χ3v) is 1.17. The summed E-state index contributed by atoms with van der Waals surface area (Å²) in [7, 11) is 0. The maximum atomic E-state index is 4.92. The summed E-state index contributed by atoms with van der Waals surface area (Å²) in [6.45, 7) is 4.04. The number of hydrogen-bond acceptors (Lipinski definition) is 2. The summed E-state index contributed by atoms with van der Waals surface area (Å²) in [5.41, 5.74) is 3.91. The van der Waals surface area contributed by atoms with Crippen LogP contribution in [0.1, 0.15) is 13.8 Å². The quantitative estimate of drug-likeness (QED) is 0.485. The van der Waals surface area contributed by atoms with Crippen molar-refractivity contribution in [3.63, 3.8) is 0 Å². The second-order valence-corrected chi connectivity index (χ2v) is 1.77. The van der Waals surface area contributed by atoms with E-state index < -0.39 is 0 Å². The Hall–Kier alpha value is -0.500. The van der Waals surface area contributed by atoms with Crippen LogP contribution in [-0.2, 0) is 4.84 Å². The van der Waals surface area contributed by atoms with E-state index in [9.17, 15) is 0 Å². The van der Waals surface area contributed by atoms with Gasteiger partial charge in [0.15, 0.2) is 0 Å². The van der Waals surface area contributed by atoms with Gasteiger partial charge in [0.25, 0.3) is 0 Å². The maximum absolute atomic E-state index is 4.92. The number of rotatable bonds is 0. The van der Waals surface area contributed by atoms with Crippen molar-refractivity contribution >= 4 is 0 Å². The van der Waals surface area contributed by atoms with Crippen LogP contribution < -0.4 is 5.48 Å². The Morgan fingerprint density at radius 2 is 2.57 bits per heavy atom. The molecule has 0 saturated carbocycles. The van der Waals surface area contributed by atoms with Crippen LogP contribution in [0.15, 0.2) is 11.8 Å². The van der Waals surface area contributed by atoms with E-state index in [1.165, 1.54) is 5.57 Å². The minimum absolute atomic E-state index is 0.264. The largest absolute Gasteiger partial charge is 0.274 e. The van der Waals surface area contributed by atoms with E-state index in [-0.39, 0.29) is 6.10 Å². The van der Waals surface area contributed by atoms with Crippen molar-refractivity contribution in [1.29, 1.82) is 0 Å². The number of hydroxylamine groups is 1. The standard InChI is InChI=1S/C5H9NO/c1-4-3-6-7-5(4)2/h3,5-6H,1-2H3/t5-/m1/s1. The van der Waals surface area contributed by atoms with Crippen LogP contribution >= 0.6 is 0 Å². The third kappa shape index (κ3) is 0.747. The van der Waals surface area contributed by atoms with E-state index in [1.54, 1.807) is 0 Å². The van der Waals surface area contributed by atoms with Gasteiger partial charge < -0.3 is 0 Å². The van der Waals surface area contributed by atoms with Gasteiger partial charge in [-0.1, -0.05) is 0 Å². The average molecular weight is 99.1 g/mol. The molecule has 0 radical (unpaired) electrons. The van der Waals surface area contributed by atoms with Gasteiger partial charge in [0.05, 0.1) is 0 Å². The monoisotopic (exact) mass is 99.1 g/mol. The van der Waals surface area contributed by atoms with Crippen LogP contribution in [-0.4, -0.2) is 6.10 Å². The summed E-state index contributed by atoms with van der Waals surface area (Å²) < 4.78 is 0. The molecule has 0 saturated heterocycles. The van der Waals surface area contributed by atoms with Crippen LogP contribution in [0.2, 0.25) is 0 Å². The topological polar surface area (TPSA) is 21.3 Å². The molecule has 1 rings (SSSR count). The van der Waals surface area contributed by atoms with Crippen LogP contribution in [0.5, 0.6) is 0 Å². The Morgan fingerprint density at radius 1 is 1.86 bits per heavy atom. The van der Waals surface area contributed by atoms with Crippen LogP contribution in [0.25, 0.3) is 0 Å². The molecule has 0 aromatic heterocycles. The van der Waals surface area contributed by atoms with Gasteiger partial charge in [0, 0.05) is 6.20 Å². The first kappa shape index (κ1) is 4.65. The predicted octanol–water partition coefficient (Wildman–Crippen LogP) is 0.814. The van der Waals surface area contributed by atoms with Gasteiger partial charge in [-0.25, -0.2) is 0 Å². The Morgan fingerprint density at radius 3 is 2.71 bits per heavy atom. The maximum Gasteiger partial charge on any atom is 0.105 e. The smallest absolute Gasteiger partial charge is 0.105 e. The van der Waals surface area contributed by atoms with Gasteiger partial charge in [-0.3, -0.25) is 10.3 Å². The highest BCUT2D eigenvalue weighted by Crippen LogP contribution is 2.07. The second kappa shape index (κ2) is 1.54. The van der Waals surface area contributed by atoms with Crippen molar-refractivity contribution in [3.8, 4) is 0 Å². The zero-order chi connectivity index (χ0) is 5.28. The Kier molecular flexibility index (Phi) is 1.02. The summed E-state index contributed by atoms with van der Waals surface area (Å²) in [6.07, 6.45) is 2.13. The molecule has 0 aromatic rings. The van der Waals surface area contributed by atoms with Crippen molar-refractivity contribution in [2.24, 2.45) is 0 Å². The summed E-state index contributed by atoms with van der Waals surface area (Å²) in [5.74, 6) is 0. The number of nitrogens with one attached hydrogen (secondary N) is 1. The first-order valence-electron chi connectivity index (χ1n) is 2.38. The Labute approximate surface area is 43.1 Å². The lowest BCUT2D eigenvalue weighted by Gasteiger charge is -1.98. The van der Waals surface area contributed by atoms with Gasteiger partial charge in [-0.2, -0.15) is 0 Å². The molecule has 0 unspecified atom stereocenters. The molecule has 2 nitrogen and oxygen atoms in total. The highest BCUT2D eigenvalue weighted by Gasteiger charge is 2.08. The fraction of sp³-hybridized carbons (Fsp3) is 0.600. The Bertz CT molecular complexity index is 98.3. The molecule has 0 fully saturated rings. The SMILES string of the molecule is CC1=CNO[C@@H]1C. The molecule has 0 amide bonds. The molecule has 0 aliphatic carbocycles. The van der Waals surface area contributed by atoms with Crippen LogP contribution in [0.3, 0.4) is 0 Å². The second-order valence-electron chi connectivity index (χ2n) is 1.77. The van der Waals surface area contributed by atoms with Gasteiger partial charge >= 0.3 is 0 Å². The van der Waals surface area contributed by atoms with Crippen molar-refractivity contribution in [2.45, 2.75) is 20.0 Å².